The van der Waals surface area contributed by atoms with E-state index >= 15 is 0 Å². The first-order valence-electron chi connectivity index (χ1n) is 6.31. The van der Waals surface area contributed by atoms with Crippen LogP contribution in [0.25, 0.3) is 0 Å². The van der Waals surface area contributed by atoms with Gasteiger partial charge in [0.05, 0.1) is 12.3 Å². The van der Waals surface area contributed by atoms with Crippen molar-refractivity contribution in [2.45, 2.75) is 19.2 Å². The van der Waals surface area contributed by atoms with Crippen LogP contribution < -0.4 is 10.1 Å². The van der Waals surface area contributed by atoms with Gasteiger partial charge in [0.15, 0.2) is 5.75 Å². The Kier molecular flexibility index (Phi) is 5.15. The molecule has 1 aromatic rings. The van der Waals surface area contributed by atoms with Crippen molar-refractivity contribution >= 4 is 21.6 Å². The Morgan fingerprint density at radius 2 is 2.20 bits per heavy atom. The number of ether oxygens (including phenoxy) is 2. The lowest BCUT2D eigenvalue weighted by atomic mass is 10.0. The van der Waals surface area contributed by atoms with Crippen LogP contribution in [0, 0.1) is 5.92 Å². The standard InChI is InChI=1S/C13H15BrF3NO2/c14-10-3-4-11(12(6-10)20-13(15,16)17)18-7-9-2-1-5-19-8-9/h3-4,6,9,18H,1-2,5,7-8H2. The Balaban J connectivity index is 2.02. The van der Waals surface area contributed by atoms with Gasteiger partial charge in [-0.3, -0.25) is 0 Å². The van der Waals surface area contributed by atoms with Crippen molar-refractivity contribution in [3.63, 3.8) is 0 Å². The van der Waals surface area contributed by atoms with Gasteiger partial charge in [-0.25, -0.2) is 0 Å². The largest absolute Gasteiger partial charge is 0.573 e. The third kappa shape index (κ3) is 4.86. The summed E-state index contributed by atoms with van der Waals surface area (Å²) >= 11 is 3.14. The fourth-order valence-corrected chi connectivity index (χ4v) is 2.41. The van der Waals surface area contributed by atoms with Gasteiger partial charge in [-0.05, 0) is 37.0 Å². The molecule has 1 atom stereocenters. The topological polar surface area (TPSA) is 30.5 Å². The monoisotopic (exact) mass is 353 g/mol. The van der Waals surface area contributed by atoms with Gasteiger partial charge in [-0.2, -0.15) is 0 Å². The second-order valence-corrected chi connectivity index (χ2v) is 5.57. The Morgan fingerprint density at radius 3 is 2.85 bits per heavy atom. The number of hydrogen-bond acceptors (Lipinski definition) is 3. The van der Waals surface area contributed by atoms with Crippen LogP contribution in [0.2, 0.25) is 0 Å². The lowest BCUT2D eigenvalue weighted by molar-refractivity contribution is -0.274. The van der Waals surface area contributed by atoms with E-state index in [1.165, 1.54) is 6.07 Å². The molecule has 112 valence electrons. The summed E-state index contributed by atoms with van der Waals surface area (Å²) in [6.45, 7) is 1.96. The average Bonchev–Trinajstić information content (AvgIpc) is 2.37. The number of hydrogen-bond donors (Lipinski definition) is 1. The summed E-state index contributed by atoms with van der Waals surface area (Å²) in [4.78, 5) is 0. The minimum atomic E-state index is -4.70. The zero-order valence-electron chi connectivity index (χ0n) is 10.7. The first-order valence-corrected chi connectivity index (χ1v) is 7.10. The summed E-state index contributed by atoms with van der Waals surface area (Å²) < 4.78 is 47.0. The molecule has 20 heavy (non-hydrogen) atoms. The highest BCUT2D eigenvalue weighted by Crippen LogP contribution is 2.33. The SMILES string of the molecule is FC(F)(F)Oc1cc(Br)ccc1NCC1CCCOC1. The zero-order chi connectivity index (χ0) is 14.6. The molecule has 1 fully saturated rings. The number of halogens is 4. The van der Waals surface area contributed by atoms with Gasteiger partial charge >= 0.3 is 6.36 Å². The van der Waals surface area contributed by atoms with Crippen LogP contribution in [-0.2, 0) is 4.74 Å². The Labute approximate surface area is 123 Å². The van der Waals surface area contributed by atoms with Gasteiger partial charge in [-0.1, -0.05) is 15.9 Å². The van der Waals surface area contributed by atoms with Crippen LogP contribution in [0.5, 0.6) is 5.75 Å². The molecule has 0 bridgehead atoms. The van der Waals surface area contributed by atoms with Crippen molar-refractivity contribution in [3.05, 3.63) is 22.7 Å². The molecule has 2 rings (SSSR count). The van der Waals surface area contributed by atoms with E-state index in [-0.39, 0.29) is 5.75 Å². The maximum absolute atomic E-state index is 12.4. The summed E-state index contributed by atoms with van der Waals surface area (Å²) in [5.41, 5.74) is 0.330. The lowest BCUT2D eigenvalue weighted by Gasteiger charge is -2.23. The number of nitrogens with one attached hydrogen (secondary N) is 1. The van der Waals surface area contributed by atoms with Crippen LogP contribution >= 0.6 is 15.9 Å². The van der Waals surface area contributed by atoms with E-state index in [0.717, 1.165) is 19.4 Å². The van der Waals surface area contributed by atoms with Crippen molar-refractivity contribution in [1.82, 2.24) is 0 Å². The van der Waals surface area contributed by atoms with E-state index in [0.29, 0.717) is 29.2 Å². The minimum Gasteiger partial charge on any atom is -0.404 e. The molecule has 0 amide bonds. The summed E-state index contributed by atoms with van der Waals surface area (Å²) in [7, 11) is 0. The van der Waals surface area contributed by atoms with Gasteiger partial charge in [0.25, 0.3) is 0 Å². The molecule has 0 saturated carbocycles. The summed E-state index contributed by atoms with van der Waals surface area (Å²) in [6.07, 6.45) is -2.71. The van der Waals surface area contributed by atoms with E-state index < -0.39 is 6.36 Å². The maximum Gasteiger partial charge on any atom is 0.573 e. The summed E-state index contributed by atoms with van der Waals surface area (Å²) in [5, 5.41) is 3.01. The van der Waals surface area contributed by atoms with E-state index in [4.69, 9.17) is 4.74 Å². The van der Waals surface area contributed by atoms with Crippen LogP contribution in [0.3, 0.4) is 0 Å². The number of alkyl halides is 3. The van der Waals surface area contributed by atoms with Crippen molar-refractivity contribution in [2.75, 3.05) is 25.1 Å². The van der Waals surface area contributed by atoms with Gasteiger partial charge in [-0.15, -0.1) is 13.2 Å². The maximum atomic E-state index is 12.4. The molecule has 1 aliphatic heterocycles. The van der Waals surface area contributed by atoms with Crippen molar-refractivity contribution in [3.8, 4) is 5.75 Å². The zero-order valence-corrected chi connectivity index (χ0v) is 12.3. The molecule has 0 radical (unpaired) electrons. The van der Waals surface area contributed by atoms with Crippen molar-refractivity contribution in [1.29, 1.82) is 0 Å². The highest BCUT2D eigenvalue weighted by atomic mass is 79.9. The summed E-state index contributed by atoms with van der Waals surface area (Å²) in [6, 6.07) is 4.53. The van der Waals surface area contributed by atoms with Crippen LogP contribution in [0.15, 0.2) is 22.7 Å². The van der Waals surface area contributed by atoms with Gasteiger partial charge in [0.2, 0.25) is 0 Å². The molecule has 1 unspecified atom stereocenters. The van der Waals surface area contributed by atoms with E-state index in [2.05, 4.69) is 26.0 Å². The van der Waals surface area contributed by atoms with E-state index in [1.807, 2.05) is 0 Å². The normalized spacial score (nSPS) is 19.7. The molecule has 0 aromatic heterocycles. The Morgan fingerprint density at radius 1 is 1.40 bits per heavy atom. The quantitative estimate of drug-likeness (QED) is 0.880. The first kappa shape index (κ1) is 15.4. The molecule has 1 N–H and O–H groups in total. The fraction of sp³-hybridized carbons (Fsp3) is 0.538. The van der Waals surface area contributed by atoms with Gasteiger partial charge in [0, 0.05) is 17.6 Å². The minimum absolute atomic E-state index is 0.233. The molecule has 7 heteroatoms. The molecule has 0 aliphatic carbocycles. The molecular weight excluding hydrogens is 339 g/mol. The Bertz CT molecular complexity index is 448. The lowest BCUT2D eigenvalue weighted by Crippen LogP contribution is -2.25. The second kappa shape index (κ2) is 6.67. The number of anilines is 1. The van der Waals surface area contributed by atoms with E-state index in [9.17, 15) is 13.2 Å². The third-order valence-electron chi connectivity index (χ3n) is 3.01. The van der Waals surface area contributed by atoms with Crippen LogP contribution in [0.4, 0.5) is 18.9 Å². The molecule has 1 heterocycles. The van der Waals surface area contributed by atoms with E-state index in [1.54, 1.807) is 12.1 Å². The predicted octanol–water partition coefficient (Wildman–Crippen LogP) is 4.19. The predicted molar refractivity (Wildman–Crippen MR) is 72.9 cm³/mol. The third-order valence-corrected chi connectivity index (χ3v) is 3.50. The molecule has 1 aromatic carbocycles. The molecular formula is C13H15BrF3NO2. The summed E-state index contributed by atoms with van der Waals surface area (Å²) in [5.74, 6) is 0.0785. The van der Waals surface area contributed by atoms with Gasteiger partial charge < -0.3 is 14.8 Å². The van der Waals surface area contributed by atoms with Crippen LogP contribution in [0.1, 0.15) is 12.8 Å². The fourth-order valence-electron chi connectivity index (χ4n) is 2.07. The highest BCUT2D eigenvalue weighted by molar-refractivity contribution is 9.10. The molecule has 1 saturated heterocycles. The van der Waals surface area contributed by atoms with Crippen molar-refractivity contribution < 1.29 is 22.6 Å². The Hall–Kier alpha value is -0.950. The number of rotatable bonds is 4. The molecule has 0 spiro atoms. The highest BCUT2D eigenvalue weighted by Gasteiger charge is 2.32. The average molecular weight is 354 g/mol. The van der Waals surface area contributed by atoms with Crippen molar-refractivity contribution in [2.24, 2.45) is 5.92 Å². The number of benzene rings is 1. The smallest absolute Gasteiger partial charge is 0.404 e. The first-order chi connectivity index (χ1) is 9.44. The van der Waals surface area contributed by atoms with Gasteiger partial charge in [0.1, 0.15) is 0 Å². The molecule has 1 aliphatic rings. The second-order valence-electron chi connectivity index (χ2n) is 4.65. The molecule has 3 nitrogen and oxygen atoms in total. The van der Waals surface area contributed by atoms with Crippen LogP contribution in [-0.4, -0.2) is 26.1 Å².